The summed E-state index contributed by atoms with van der Waals surface area (Å²) in [6.07, 6.45) is 3.28. The lowest BCUT2D eigenvalue weighted by Crippen LogP contribution is -2.61. The maximum atomic E-state index is 14.8. The molecular formula is C56H85N13O15S4. The molecule has 0 spiro atoms. The van der Waals surface area contributed by atoms with Crippen LogP contribution in [-0.4, -0.2) is 219 Å². The number of nitrogens with two attached hydrogens (primary N) is 1. The van der Waals surface area contributed by atoms with Gasteiger partial charge in [0.2, 0.25) is 70.9 Å². The van der Waals surface area contributed by atoms with Crippen molar-refractivity contribution < 1.29 is 72.5 Å². The lowest BCUT2D eigenvalue weighted by atomic mass is 10.0. The first-order chi connectivity index (χ1) is 42.2. The molecule has 0 aliphatic carbocycles. The molecule has 4 saturated heterocycles. The van der Waals surface area contributed by atoms with Gasteiger partial charge >= 0.3 is 5.97 Å². The van der Waals surface area contributed by atoms with Gasteiger partial charge in [0.05, 0.1) is 13.2 Å². The molecule has 1 aromatic rings. The van der Waals surface area contributed by atoms with Crippen LogP contribution in [-0.2, 0) is 68.7 Å². The molecule has 4 aliphatic rings. The van der Waals surface area contributed by atoms with Gasteiger partial charge in [0, 0.05) is 42.5 Å². The van der Waals surface area contributed by atoms with Crippen molar-refractivity contribution in [3.05, 3.63) is 35.9 Å². The molecule has 88 heavy (non-hydrogen) atoms. The smallest absolute Gasteiger partial charge is 0.327 e. The first-order valence-electron chi connectivity index (χ1n) is 29.9. The van der Waals surface area contributed by atoms with Crippen molar-refractivity contribution in [1.82, 2.24) is 63.0 Å². The summed E-state index contributed by atoms with van der Waals surface area (Å²) in [5.41, 5.74) is 6.25. The van der Waals surface area contributed by atoms with Gasteiger partial charge < -0.3 is 78.9 Å². The molecule has 5 rings (SSSR count). The quantitative estimate of drug-likeness (QED) is 0.0904. The van der Waals surface area contributed by atoms with Crippen molar-refractivity contribution in [1.29, 1.82) is 0 Å². The first-order valence-corrected chi connectivity index (χ1v) is 34.9. The summed E-state index contributed by atoms with van der Waals surface area (Å²) in [4.78, 5) is 186. The molecule has 1 aromatic carbocycles. The van der Waals surface area contributed by atoms with Gasteiger partial charge in [-0.2, -0.15) is 0 Å². The summed E-state index contributed by atoms with van der Waals surface area (Å²) in [5, 5.41) is 47.3. The fraction of sp³-hybridized carbons (Fsp3) is 0.661. The third-order valence-electron chi connectivity index (χ3n) is 15.2. The van der Waals surface area contributed by atoms with Crippen LogP contribution in [0.15, 0.2) is 30.3 Å². The van der Waals surface area contributed by atoms with E-state index in [0.717, 1.165) is 43.2 Å². The number of hydrogen-bond acceptors (Lipinski definition) is 19. The lowest BCUT2D eigenvalue weighted by Gasteiger charge is -2.31. The van der Waals surface area contributed by atoms with Crippen molar-refractivity contribution in [3.8, 4) is 0 Å². The maximum absolute atomic E-state index is 14.8. The topological polar surface area (TPSA) is 415 Å². The van der Waals surface area contributed by atoms with Crippen LogP contribution in [0.4, 0.5) is 0 Å². The number of amides is 12. The van der Waals surface area contributed by atoms with E-state index in [-0.39, 0.29) is 81.0 Å². The van der Waals surface area contributed by atoms with Gasteiger partial charge in [0.15, 0.2) is 0 Å². The van der Waals surface area contributed by atoms with E-state index in [9.17, 15) is 72.5 Å². The number of hydrogen-bond donors (Lipinski definition) is 13. The van der Waals surface area contributed by atoms with Crippen LogP contribution in [0.25, 0.3) is 0 Å². The second-order valence-corrected chi connectivity index (χ2v) is 26.8. The normalized spacial score (nSPS) is 28.7. The van der Waals surface area contributed by atoms with Gasteiger partial charge in [0.1, 0.15) is 72.5 Å². The number of nitrogens with one attached hydrogen (secondary N) is 10. The number of aliphatic hydroxyl groups is 1. The predicted octanol–water partition coefficient (Wildman–Crippen LogP) is -1.91. The van der Waals surface area contributed by atoms with Crippen LogP contribution in [0.2, 0.25) is 0 Å². The zero-order chi connectivity index (χ0) is 64.5. The van der Waals surface area contributed by atoms with E-state index in [4.69, 9.17) is 5.73 Å². The van der Waals surface area contributed by atoms with E-state index in [1.54, 1.807) is 44.2 Å². The van der Waals surface area contributed by atoms with Gasteiger partial charge in [-0.3, -0.25) is 57.5 Å². The highest BCUT2D eigenvalue weighted by Crippen LogP contribution is 2.27. The van der Waals surface area contributed by atoms with Gasteiger partial charge in [-0.15, -0.1) is 0 Å². The molecule has 32 heteroatoms. The number of rotatable bonds is 14. The minimum Gasteiger partial charge on any atom is -0.480 e. The van der Waals surface area contributed by atoms with E-state index < -0.39 is 163 Å². The van der Waals surface area contributed by atoms with E-state index in [0.29, 0.717) is 44.1 Å². The average Bonchev–Trinajstić information content (AvgIpc) is 2.26. The number of aliphatic carboxylic acids is 1. The van der Waals surface area contributed by atoms with Crippen LogP contribution < -0.4 is 58.9 Å². The van der Waals surface area contributed by atoms with E-state index in [2.05, 4.69) is 53.2 Å². The zero-order valence-electron chi connectivity index (χ0n) is 50.0. The third-order valence-corrected chi connectivity index (χ3v) is 20.1. The van der Waals surface area contributed by atoms with Gasteiger partial charge in [-0.1, -0.05) is 127 Å². The summed E-state index contributed by atoms with van der Waals surface area (Å²) in [7, 11) is 3.67. The number of carboxylic acid groups (broad SMARTS) is 1. The minimum atomic E-state index is -1.72. The van der Waals surface area contributed by atoms with Crippen molar-refractivity contribution in [2.24, 2.45) is 5.73 Å². The van der Waals surface area contributed by atoms with Crippen molar-refractivity contribution >= 4 is 120 Å². The van der Waals surface area contributed by atoms with Gasteiger partial charge in [-0.05, 0) is 56.9 Å². The van der Waals surface area contributed by atoms with Crippen LogP contribution in [0, 0.1) is 0 Å². The van der Waals surface area contributed by atoms with Crippen molar-refractivity contribution in [2.45, 2.75) is 184 Å². The Morgan fingerprint density at radius 2 is 0.966 bits per heavy atom. The molecule has 0 aromatic heterocycles. The Kier molecular flexibility index (Phi) is 30.4. The number of nitrogens with zero attached hydrogens (tertiary/aromatic N) is 2. The molecule has 0 saturated carbocycles. The predicted molar refractivity (Wildman–Crippen MR) is 332 cm³/mol. The van der Waals surface area contributed by atoms with E-state index in [1.807, 2.05) is 13.8 Å². The SMILES string of the molecule is CCCC[C@@H]1NC(=O)[C@H](CC)NC(=O)[C@H](Cc2ccccc2)NC(=O)[C@@H]2CSSC[C@H](NC(=O)CN)C(=O)N[C@@H](CSSC[C@@H](C(=O)O)NC(=O)[C@@H]3CCCN3C1=O)C(=O)N[C@@H](CO)C(=O)N[C@@H](CCCC)C(=O)N1CCC[C@H]1C(=O)N[C@@H](CC)C(=O)N2. The highest BCUT2D eigenvalue weighted by atomic mass is 33.1. The maximum Gasteiger partial charge on any atom is 0.327 e. The Labute approximate surface area is 527 Å². The molecule has 4 heterocycles. The number of carbonyl (C=O) groups excluding carboxylic acids is 12. The Morgan fingerprint density at radius 1 is 0.534 bits per heavy atom. The lowest BCUT2D eigenvalue weighted by molar-refractivity contribution is -0.144. The summed E-state index contributed by atoms with van der Waals surface area (Å²) < 4.78 is 0. The monoisotopic (exact) mass is 1310 g/mol. The van der Waals surface area contributed by atoms with Crippen molar-refractivity contribution in [2.75, 3.05) is 49.3 Å². The number of benzene rings is 1. The minimum absolute atomic E-state index is 0.00501. The second kappa shape index (κ2) is 37.0. The largest absolute Gasteiger partial charge is 0.480 e. The second-order valence-electron chi connectivity index (χ2n) is 21.7. The number of carbonyl (C=O) groups is 13. The molecule has 4 fully saturated rings. The van der Waals surface area contributed by atoms with Crippen LogP contribution in [0.3, 0.4) is 0 Å². The molecule has 0 radical (unpaired) electrons. The molecule has 488 valence electrons. The molecular weight excluding hydrogens is 1220 g/mol. The van der Waals surface area contributed by atoms with E-state index >= 15 is 0 Å². The van der Waals surface area contributed by atoms with Crippen molar-refractivity contribution in [3.63, 3.8) is 0 Å². The summed E-state index contributed by atoms with van der Waals surface area (Å²) in [6.45, 7) is 5.59. The number of carboxylic acids is 1. The molecule has 12 atom stereocenters. The Morgan fingerprint density at radius 3 is 1.47 bits per heavy atom. The molecule has 2 bridgehead atoms. The number of unbranched alkanes of at least 4 members (excludes halogenated alkanes) is 2. The highest BCUT2D eigenvalue weighted by Gasteiger charge is 2.43. The standard InChI is InChI=1S/C56H85N13O15S4/c1-5-9-18-34-54(81)69-23-15-21-43(69)53(80)67-41(56(83)84)30-88-87-29-40-51(78)64-37(26-70)48(75)62-35(19-10-6-2)55(82)68-22-14-20-42(68)52(79)60-33(8-4)46(73)65-39(28-86-85-27-38(49(76)66-40)58-44(71)25-57)50(77)63-36(24-31-16-12-11-13-17-31)47(74)59-32(7-3)45(72)61-34/h11-13,16-17,32-43,70H,5-10,14-15,18-30,57H2,1-4H3,(H,58,71)(H,59,74)(H,60,79)(H,61,72)(H,62,75)(H,63,77)(H,64,78)(H,65,73)(H,66,76)(H,67,80)(H,83,84)/t32-,33-,34-,35-,36-,37-,38-,39-,40-,41-,42-,43-/m0/s1. The summed E-state index contributed by atoms with van der Waals surface area (Å²) in [6, 6.07) is -7.90. The number of fused-ring (bicyclic) bond motifs is 10. The van der Waals surface area contributed by atoms with Gasteiger partial charge in [0.25, 0.3) is 0 Å². The number of aliphatic hydroxyl groups excluding tert-OH is 1. The molecule has 4 aliphatic heterocycles. The Hall–Kier alpha value is -6.35. The van der Waals surface area contributed by atoms with Crippen LogP contribution in [0.1, 0.15) is 110 Å². The fourth-order valence-electron chi connectivity index (χ4n) is 10.2. The van der Waals surface area contributed by atoms with Gasteiger partial charge in [-0.25, -0.2) is 4.79 Å². The Balaban J connectivity index is 1.64. The summed E-state index contributed by atoms with van der Waals surface area (Å²) >= 11 is 0. The Bertz CT molecular complexity index is 2630. The molecule has 14 N–H and O–H groups in total. The summed E-state index contributed by atoms with van der Waals surface area (Å²) in [5.74, 6) is -12.5. The third kappa shape index (κ3) is 21.4. The first kappa shape index (κ1) is 72.4. The fourth-order valence-corrected chi connectivity index (χ4v) is 14.8. The van der Waals surface area contributed by atoms with E-state index in [1.165, 1.54) is 9.80 Å². The highest BCUT2D eigenvalue weighted by molar-refractivity contribution is 8.77. The molecule has 0 unspecified atom stereocenters. The average molecular weight is 1310 g/mol. The van der Waals surface area contributed by atoms with Crippen LogP contribution >= 0.6 is 43.2 Å². The molecule has 12 amide bonds. The zero-order valence-corrected chi connectivity index (χ0v) is 53.2. The molecule has 28 nitrogen and oxygen atoms in total. The van der Waals surface area contributed by atoms with Crippen LogP contribution in [0.5, 0.6) is 0 Å².